The maximum atomic E-state index is 5.94. The van der Waals surface area contributed by atoms with E-state index in [2.05, 4.69) is 98.8 Å². The van der Waals surface area contributed by atoms with Crippen LogP contribution >= 0.6 is 0 Å². The normalized spacial score (nSPS) is 11.1. The van der Waals surface area contributed by atoms with Crippen LogP contribution in [0.25, 0.3) is 0 Å². The molecule has 5 aromatic carbocycles. The minimum absolute atomic E-state index is 0.812. The number of anilines is 2. The summed E-state index contributed by atoms with van der Waals surface area (Å²) >= 11 is 0. The molecule has 0 amide bonds. The number of hydrogen-bond donors (Lipinski definition) is 2. The highest BCUT2D eigenvalue weighted by molar-refractivity contribution is 5.44. The van der Waals surface area contributed by atoms with Gasteiger partial charge >= 0.3 is 0 Å². The van der Waals surface area contributed by atoms with E-state index in [4.69, 9.17) is 11.5 Å². The highest BCUT2D eigenvalue weighted by Crippen LogP contribution is 2.24. The van der Waals surface area contributed by atoms with Crippen LogP contribution in [0.2, 0.25) is 0 Å². The van der Waals surface area contributed by atoms with Crippen molar-refractivity contribution in [2.24, 2.45) is 0 Å². The van der Waals surface area contributed by atoms with E-state index in [9.17, 15) is 0 Å². The van der Waals surface area contributed by atoms with E-state index in [0.717, 1.165) is 43.5 Å². The number of benzene rings is 5. The van der Waals surface area contributed by atoms with Gasteiger partial charge in [0.05, 0.1) is 0 Å². The van der Waals surface area contributed by atoms with Gasteiger partial charge in [0.1, 0.15) is 0 Å². The third-order valence-electron chi connectivity index (χ3n) is 8.82. The standard InChI is InChI=1S/C42H48N2/c1-3-4-5-6-7-8-39-30-37(14-20-40(39)29-35-17-23-42(44)24-18-35)27-36-13-19-38(31(2)25-36)28-34-11-9-32(10-12-34)26-33-15-21-41(43)22-16-33/h9-25,30H,3-8,26-29,43-44H2,1-2H3. The number of hydrogen-bond acceptors (Lipinski definition) is 2. The van der Waals surface area contributed by atoms with E-state index in [1.54, 1.807) is 0 Å². The predicted octanol–water partition coefficient (Wildman–Crippen LogP) is 10.0. The number of nitrogen functional groups attached to an aromatic ring is 2. The third kappa shape index (κ3) is 9.10. The summed E-state index contributed by atoms with van der Waals surface area (Å²) in [5, 5.41) is 0. The molecular formula is C42H48N2. The summed E-state index contributed by atoms with van der Waals surface area (Å²) in [6, 6.07) is 39.8. The van der Waals surface area contributed by atoms with Crippen molar-refractivity contribution in [3.05, 3.63) is 165 Å². The Balaban J connectivity index is 1.24. The Morgan fingerprint density at radius 1 is 0.409 bits per heavy atom. The molecule has 0 atom stereocenters. The van der Waals surface area contributed by atoms with Crippen molar-refractivity contribution in [3.63, 3.8) is 0 Å². The minimum atomic E-state index is 0.812. The Bertz CT molecular complexity index is 1610. The second kappa shape index (κ2) is 15.4. The SMILES string of the molecule is CCCCCCCc1cc(Cc2ccc(Cc3ccc(Cc4ccc(N)cc4)cc3)c(C)c2)ccc1Cc1ccc(N)cc1. The summed E-state index contributed by atoms with van der Waals surface area (Å²) in [7, 11) is 0. The van der Waals surface area contributed by atoms with Crippen molar-refractivity contribution in [1.82, 2.24) is 0 Å². The van der Waals surface area contributed by atoms with Gasteiger partial charge in [-0.3, -0.25) is 0 Å². The average Bonchev–Trinajstić information content (AvgIpc) is 3.02. The Hall–Kier alpha value is -4.30. The summed E-state index contributed by atoms with van der Waals surface area (Å²) in [6.45, 7) is 4.54. The zero-order chi connectivity index (χ0) is 30.7. The van der Waals surface area contributed by atoms with Crippen LogP contribution in [0.15, 0.2) is 109 Å². The summed E-state index contributed by atoms with van der Waals surface area (Å²) in [5.74, 6) is 0. The van der Waals surface area contributed by atoms with Crippen LogP contribution in [0.1, 0.15) is 94.7 Å². The first-order valence-corrected chi connectivity index (χ1v) is 16.4. The predicted molar refractivity (Wildman–Crippen MR) is 189 cm³/mol. The number of aryl methyl sites for hydroxylation is 2. The van der Waals surface area contributed by atoms with Crippen LogP contribution in [0.4, 0.5) is 11.4 Å². The fraction of sp³-hybridized carbons (Fsp3) is 0.286. The fourth-order valence-corrected chi connectivity index (χ4v) is 6.14. The molecule has 0 unspecified atom stereocenters. The lowest BCUT2D eigenvalue weighted by molar-refractivity contribution is 0.631. The maximum absolute atomic E-state index is 5.94. The number of nitrogens with two attached hydrogens (primary N) is 2. The monoisotopic (exact) mass is 580 g/mol. The molecule has 0 spiro atoms. The summed E-state index contributed by atoms with van der Waals surface area (Å²) in [4.78, 5) is 0. The molecule has 5 aromatic rings. The lowest BCUT2D eigenvalue weighted by Crippen LogP contribution is -2.00. The van der Waals surface area contributed by atoms with Crippen LogP contribution in [-0.4, -0.2) is 0 Å². The topological polar surface area (TPSA) is 52.0 Å². The zero-order valence-corrected chi connectivity index (χ0v) is 26.6. The van der Waals surface area contributed by atoms with E-state index in [-0.39, 0.29) is 0 Å². The van der Waals surface area contributed by atoms with Crippen LogP contribution in [-0.2, 0) is 32.1 Å². The molecule has 2 heteroatoms. The molecule has 0 saturated heterocycles. The Morgan fingerprint density at radius 2 is 0.841 bits per heavy atom. The highest BCUT2D eigenvalue weighted by atomic mass is 14.5. The van der Waals surface area contributed by atoms with Gasteiger partial charge in [0.15, 0.2) is 0 Å². The van der Waals surface area contributed by atoms with Crippen molar-refractivity contribution < 1.29 is 0 Å². The number of rotatable bonds is 14. The van der Waals surface area contributed by atoms with Gasteiger partial charge in [-0.1, -0.05) is 118 Å². The van der Waals surface area contributed by atoms with Crippen LogP contribution < -0.4 is 11.5 Å². The molecule has 0 aliphatic carbocycles. The van der Waals surface area contributed by atoms with Gasteiger partial charge in [-0.15, -0.1) is 0 Å². The van der Waals surface area contributed by atoms with Crippen molar-refractivity contribution >= 4 is 11.4 Å². The van der Waals surface area contributed by atoms with Gasteiger partial charge in [-0.05, 0) is 125 Å². The van der Waals surface area contributed by atoms with Gasteiger partial charge in [0, 0.05) is 11.4 Å². The van der Waals surface area contributed by atoms with Crippen molar-refractivity contribution in [2.75, 3.05) is 11.5 Å². The maximum Gasteiger partial charge on any atom is 0.0314 e. The highest BCUT2D eigenvalue weighted by Gasteiger charge is 2.09. The fourth-order valence-electron chi connectivity index (χ4n) is 6.14. The zero-order valence-electron chi connectivity index (χ0n) is 26.6. The van der Waals surface area contributed by atoms with Crippen molar-refractivity contribution in [3.8, 4) is 0 Å². The quantitative estimate of drug-likeness (QED) is 0.101. The van der Waals surface area contributed by atoms with Crippen LogP contribution in [0, 0.1) is 6.92 Å². The molecule has 0 aliphatic rings. The molecule has 0 heterocycles. The molecule has 44 heavy (non-hydrogen) atoms. The van der Waals surface area contributed by atoms with Gasteiger partial charge in [-0.2, -0.15) is 0 Å². The molecule has 5 rings (SSSR count). The summed E-state index contributed by atoms with van der Waals surface area (Å²) in [6.07, 6.45) is 11.5. The Labute approximate surface area is 265 Å². The molecule has 0 bridgehead atoms. The second-order valence-electron chi connectivity index (χ2n) is 12.5. The van der Waals surface area contributed by atoms with E-state index >= 15 is 0 Å². The van der Waals surface area contributed by atoms with E-state index in [1.165, 1.54) is 87.7 Å². The number of unbranched alkanes of at least 4 members (excludes halogenated alkanes) is 4. The van der Waals surface area contributed by atoms with E-state index < -0.39 is 0 Å². The molecule has 0 aromatic heterocycles. The average molecular weight is 581 g/mol. The molecule has 0 aliphatic heterocycles. The molecule has 0 radical (unpaired) electrons. The smallest absolute Gasteiger partial charge is 0.0314 e. The first-order chi connectivity index (χ1) is 21.4. The van der Waals surface area contributed by atoms with E-state index in [0.29, 0.717) is 0 Å². The van der Waals surface area contributed by atoms with Crippen LogP contribution in [0.5, 0.6) is 0 Å². The first-order valence-electron chi connectivity index (χ1n) is 16.4. The lowest BCUT2D eigenvalue weighted by Gasteiger charge is -2.14. The van der Waals surface area contributed by atoms with Gasteiger partial charge in [-0.25, -0.2) is 0 Å². The molecular weight excluding hydrogens is 532 g/mol. The first kappa shape index (κ1) is 31.1. The molecule has 226 valence electrons. The Kier molecular flexibility index (Phi) is 10.9. The summed E-state index contributed by atoms with van der Waals surface area (Å²) < 4.78 is 0. The molecule has 0 fully saturated rings. The lowest BCUT2D eigenvalue weighted by atomic mass is 9.91. The van der Waals surface area contributed by atoms with Crippen molar-refractivity contribution in [2.45, 2.75) is 78.1 Å². The summed E-state index contributed by atoms with van der Waals surface area (Å²) in [5.41, 5.74) is 27.2. The molecule has 0 saturated carbocycles. The van der Waals surface area contributed by atoms with Gasteiger partial charge in [0.2, 0.25) is 0 Å². The second-order valence-corrected chi connectivity index (χ2v) is 12.5. The molecule has 4 N–H and O–H groups in total. The van der Waals surface area contributed by atoms with Crippen molar-refractivity contribution in [1.29, 1.82) is 0 Å². The van der Waals surface area contributed by atoms with E-state index in [1.807, 2.05) is 24.3 Å². The third-order valence-corrected chi connectivity index (χ3v) is 8.82. The van der Waals surface area contributed by atoms with Crippen LogP contribution in [0.3, 0.4) is 0 Å². The van der Waals surface area contributed by atoms with Gasteiger partial charge in [0.25, 0.3) is 0 Å². The molecule has 2 nitrogen and oxygen atoms in total. The minimum Gasteiger partial charge on any atom is -0.399 e. The Morgan fingerprint density at radius 3 is 1.41 bits per heavy atom. The largest absolute Gasteiger partial charge is 0.399 e. The van der Waals surface area contributed by atoms with Gasteiger partial charge < -0.3 is 11.5 Å².